The number of rotatable bonds is 3. The molecule has 2 aromatic rings. The van der Waals surface area contributed by atoms with Gasteiger partial charge in [-0.1, -0.05) is 24.3 Å². The maximum Gasteiger partial charge on any atom is 0.336 e. The first kappa shape index (κ1) is 22.2. The van der Waals surface area contributed by atoms with Crippen molar-refractivity contribution in [3.63, 3.8) is 0 Å². The number of nitrogens with two attached hydrogens (primary N) is 1. The van der Waals surface area contributed by atoms with E-state index in [9.17, 15) is 9.59 Å². The fourth-order valence-electron chi connectivity index (χ4n) is 5.06. The molecular weight excluding hydrogens is 432 g/mol. The van der Waals surface area contributed by atoms with Crippen LogP contribution in [0.25, 0.3) is 11.0 Å². The van der Waals surface area contributed by atoms with Crippen LogP contribution in [0, 0.1) is 5.92 Å². The molecule has 4 atom stereocenters. The number of hydrogen-bond donors (Lipinski definition) is 2. The molecular formula is C27H28N2O5. The summed E-state index contributed by atoms with van der Waals surface area (Å²) in [5.41, 5.74) is 6.62. The number of allylic oxidation sites excluding steroid dienone is 2. The number of hydrogen-bond acceptors (Lipinski definition) is 7. The van der Waals surface area contributed by atoms with Crippen molar-refractivity contribution in [3.05, 3.63) is 88.0 Å². The summed E-state index contributed by atoms with van der Waals surface area (Å²) < 4.78 is 18.4. The smallest absolute Gasteiger partial charge is 0.336 e. The molecule has 0 saturated heterocycles. The molecule has 4 unspecified atom stereocenters. The van der Waals surface area contributed by atoms with Gasteiger partial charge in [-0.15, -0.1) is 0 Å². The number of ether oxygens (including phenoxy) is 2. The lowest BCUT2D eigenvalue weighted by Gasteiger charge is -2.50. The van der Waals surface area contributed by atoms with E-state index in [0.29, 0.717) is 29.7 Å². The maximum absolute atomic E-state index is 12.9. The Balaban J connectivity index is 1.64. The van der Waals surface area contributed by atoms with Gasteiger partial charge < -0.3 is 24.9 Å². The minimum atomic E-state index is -0.964. The Morgan fingerprint density at radius 2 is 2.12 bits per heavy atom. The van der Waals surface area contributed by atoms with E-state index in [0.717, 1.165) is 16.5 Å². The van der Waals surface area contributed by atoms with Crippen molar-refractivity contribution in [2.75, 3.05) is 0 Å². The highest BCUT2D eigenvalue weighted by Crippen LogP contribution is 2.53. The minimum absolute atomic E-state index is 0.219. The van der Waals surface area contributed by atoms with Crippen LogP contribution < -0.4 is 21.4 Å². The Kier molecular flexibility index (Phi) is 5.24. The van der Waals surface area contributed by atoms with Crippen molar-refractivity contribution >= 4 is 16.9 Å². The summed E-state index contributed by atoms with van der Waals surface area (Å²) in [5.74, 6) is 0.0309. The molecule has 1 aliphatic carbocycles. The van der Waals surface area contributed by atoms with E-state index in [4.69, 9.17) is 19.6 Å². The third-order valence-corrected chi connectivity index (χ3v) is 7.15. The quantitative estimate of drug-likeness (QED) is 0.312. The van der Waals surface area contributed by atoms with Crippen molar-refractivity contribution in [1.29, 1.82) is 0 Å². The average Bonchev–Trinajstić information content (AvgIpc) is 3.19. The van der Waals surface area contributed by atoms with Crippen LogP contribution in [0.3, 0.4) is 0 Å². The van der Waals surface area contributed by atoms with Crippen LogP contribution in [0.15, 0.2) is 81.2 Å². The van der Waals surface area contributed by atoms with Crippen LogP contribution in [-0.2, 0) is 16.0 Å². The van der Waals surface area contributed by atoms with Gasteiger partial charge >= 0.3 is 11.6 Å². The van der Waals surface area contributed by atoms with Crippen molar-refractivity contribution in [2.45, 2.75) is 51.0 Å². The maximum atomic E-state index is 12.9. The Morgan fingerprint density at radius 3 is 2.85 bits per heavy atom. The first-order chi connectivity index (χ1) is 16.2. The predicted molar refractivity (Wildman–Crippen MR) is 129 cm³/mol. The van der Waals surface area contributed by atoms with Gasteiger partial charge in [0, 0.05) is 48.1 Å². The van der Waals surface area contributed by atoms with E-state index in [1.807, 2.05) is 44.3 Å². The zero-order chi connectivity index (χ0) is 24.1. The Labute approximate surface area is 197 Å². The molecule has 1 aromatic carbocycles. The van der Waals surface area contributed by atoms with Gasteiger partial charge in [-0.25, -0.2) is 9.59 Å². The topological polar surface area (TPSA) is 104 Å². The second-order valence-corrected chi connectivity index (χ2v) is 9.32. The molecule has 0 saturated carbocycles. The largest absolute Gasteiger partial charge is 0.481 e. The normalized spacial score (nSPS) is 30.0. The van der Waals surface area contributed by atoms with Crippen LogP contribution in [0.1, 0.15) is 32.8 Å². The SMILES string of the molecule is CC=C(C)C(=O)OC1(C)CC=CC(C2=CNC(N)C=C2)C12Cc1cc3ccc(=O)oc3cc1O2. The molecule has 3 N–H and O–H groups in total. The molecule has 7 nitrogen and oxygen atoms in total. The summed E-state index contributed by atoms with van der Waals surface area (Å²) in [6, 6.07) is 6.90. The van der Waals surface area contributed by atoms with Crippen molar-refractivity contribution in [2.24, 2.45) is 11.7 Å². The molecule has 1 aromatic heterocycles. The monoisotopic (exact) mass is 460 g/mol. The number of nitrogens with one attached hydrogen (secondary N) is 1. The molecule has 3 heterocycles. The van der Waals surface area contributed by atoms with Gasteiger partial charge in [-0.2, -0.15) is 0 Å². The molecule has 2 aliphatic heterocycles. The van der Waals surface area contributed by atoms with Gasteiger partial charge in [0.2, 0.25) is 0 Å². The van der Waals surface area contributed by atoms with E-state index >= 15 is 0 Å². The summed E-state index contributed by atoms with van der Waals surface area (Å²) in [5, 5.41) is 3.97. The first-order valence-corrected chi connectivity index (χ1v) is 11.4. The van der Waals surface area contributed by atoms with Gasteiger partial charge in [0.1, 0.15) is 11.3 Å². The standard InChI is InChI=1S/C27H28N2O5/c1-4-16(2)25(31)34-26(3)11-5-6-20(18-7-9-23(28)29-15-18)27(26)14-19-12-17-8-10-24(30)32-21(17)13-22(19)33-27/h4-10,12-13,15,20,23,29H,11,14,28H2,1-3H3. The van der Waals surface area contributed by atoms with Crippen molar-refractivity contribution in [1.82, 2.24) is 5.32 Å². The number of dihydropyridines is 1. The van der Waals surface area contributed by atoms with Crippen LogP contribution in [0.2, 0.25) is 0 Å². The van der Waals surface area contributed by atoms with Gasteiger partial charge in [-0.3, -0.25) is 0 Å². The Morgan fingerprint density at radius 1 is 1.29 bits per heavy atom. The molecule has 5 rings (SSSR count). The molecule has 0 fully saturated rings. The molecule has 0 radical (unpaired) electrons. The Bertz CT molecular complexity index is 1350. The van der Waals surface area contributed by atoms with E-state index < -0.39 is 16.8 Å². The summed E-state index contributed by atoms with van der Waals surface area (Å²) in [7, 11) is 0. The van der Waals surface area contributed by atoms with E-state index in [1.165, 1.54) is 6.07 Å². The number of carbonyl (C=O) groups is 1. The lowest BCUT2D eigenvalue weighted by atomic mass is 9.64. The van der Waals surface area contributed by atoms with Gasteiger partial charge in [-0.05, 0) is 50.1 Å². The number of benzene rings is 1. The third kappa shape index (κ3) is 3.47. The first-order valence-electron chi connectivity index (χ1n) is 11.4. The van der Waals surface area contributed by atoms with Gasteiger partial charge in [0.05, 0.1) is 6.17 Å². The highest BCUT2D eigenvalue weighted by molar-refractivity contribution is 5.88. The summed E-state index contributed by atoms with van der Waals surface area (Å²) in [6.07, 6.45) is 12.4. The van der Waals surface area contributed by atoms with Crippen molar-refractivity contribution in [3.8, 4) is 5.75 Å². The molecule has 1 spiro atoms. The van der Waals surface area contributed by atoms with Crippen LogP contribution in [0.5, 0.6) is 5.75 Å². The number of fused-ring (bicyclic) bond motifs is 2. The molecule has 34 heavy (non-hydrogen) atoms. The van der Waals surface area contributed by atoms with E-state index in [1.54, 1.807) is 25.1 Å². The second-order valence-electron chi connectivity index (χ2n) is 9.32. The summed E-state index contributed by atoms with van der Waals surface area (Å²) in [4.78, 5) is 24.7. The predicted octanol–water partition coefficient (Wildman–Crippen LogP) is 3.64. The molecule has 0 bridgehead atoms. The molecule has 3 aliphatic rings. The van der Waals surface area contributed by atoms with Gasteiger partial charge in [0.25, 0.3) is 0 Å². The second kappa shape index (κ2) is 8.02. The average molecular weight is 461 g/mol. The lowest BCUT2D eigenvalue weighted by Crippen LogP contribution is -2.63. The van der Waals surface area contributed by atoms with Crippen LogP contribution in [-0.4, -0.2) is 23.3 Å². The zero-order valence-electron chi connectivity index (χ0n) is 19.5. The molecule has 7 heteroatoms. The van der Waals surface area contributed by atoms with E-state index in [-0.39, 0.29) is 18.1 Å². The molecule has 176 valence electrons. The third-order valence-electron chi connectivity index (χ3n) is 7.15. The fourth-order valence-corrected chi connectivity index (χ4v) is 5.06. The lowest BCUT2D eigenvalue weighted by molar-refractivity contribution is -0.185. The zero-order valence-corrected chi connectivity index (χ0v) is 19.5. The number of carbonyl (C=O) groups excluding carboxylic acids is 1. The van der Waals surface area contributed by atoms with Gasteiger partial charge in [0.15, 0.2) is 11.2 Å². The summed E-state index contributed by atoms with van der Waals surface area (Å²) in [6.45, 7) is 5.49. The number of esters is 1. The Hall–Kier alpha value is -3.58. The minimum Gasteiger partial charge on any atom is -0.481 e. The van der Waals surface area contributed by atoms with Crippen LogP contribution in [0.4, 0.5) is 0 Å². The van der Waals surface area contributed by atoms with E-state index in [2.05, 4.69) is 11.4 Å². The van der Waals surface area contributed by atoms with Crippen molar-refractivity contribution < 1.29 is 18.7 Å². The highest BCUT2D eigenvalue weighted by atomic mass is 16.6. The highest BCUT2D eigenvalue weighted by Gasteiger charge is 2.62. The molecule has 0 amide bonds. The summed E-state index contributed by atoms with van der Waals surface area (Å²) >= 11 is 0. The van der Waals surface area contributed by atoms with Crippen LogP contribution >= 0.6 is 0 Å². The fraction of sp³-hybridized carbons (Fsp3) is 0.333.